The molecule has 0 bridgehead atoms. The van der Waals surface area contributed by atoms with Gasteiger partial charge in [-0.2, -0.15) is 0 Å². The lowest BCUT2D eigenvalue weighted by Crippen LogP contribution is -2.36. The Labute approximate surface area is 68.5 Å². The van der Waals surface area contributed by atoms with E-state index in [1.54, 1.807) is 0 Å². The molecule has 0 aromatic heterocycles. The second-order valence-electron chi connectivity index (χ2n) is 3.37. The van der Waals surface area contributed by atoms with E-state index in [0.717, 1.165) is 19.5 Å². The van der Waals surface area contributed by atoms with E-state index in [4.69, 9.17) is 5.11 Å². The minimum Gasteiger partial charge on any atom is -0.392 e. The van der Waals surface area contributed by atoms with E-state index in [1.807, 2.05) is 0 Å². The van der Waals surface area contributed by atoms with Crippen molar-refractivity contribution in [3.63, 3.8) is 0 Å². The van der Waals surface area contributed by atoms with Crippen LogP contribution in [0.25, 0.3) is 0 Å². The maximum absolute atomic E-state index is 8.90. The van der Waals surface area contributed by atoms with Gasteiger partial charge in [0.15, 0.2) is 0 Å². The number of aliphatic hydroxyl groups excluding tert-OH is 1. The molecule has 0 aromatic rings. The molecular weight excluding hydrogens is 138 g/mol. The largest absolute Gasteiger partial charge is 0.392 e. The molecule has 0 unspecified atom stereocenters. The van der Waals surface area contributed by atoms with Gasteiger partial charge in [0.1, 0.15) is 0 Å². The summed E-state index contributed by atoms with van der Waals surface area (Å²) in [6.07, 6.45) is 3.24. The first-order valence-corrected chi connectivity index (χ1v) is 4.27. The SMILES string of the molecule is CC(C)N1CCC=C(CO)C1. The number of hydrogen-bond donors (Lipinski definition) is 1. The fourth-order valence-electron chi connectivity index (χ4n) is 1.39. The third kappa shape index (κ3) is 2.31. The molecule has 1 aliphatic heterocycles. The minimum atomic E-state index is 0.225. The van der Waals surface area contributed by atoms with Crippen LogP contribution in [0.1, 0.15) is 20.3 Å². The van der Waals surface area contributed by atoms with Crippen LogP contribution in [0.2, 0.25) is 0 Å². The third-order valence-corrected chi connectivity index (χ3v) is 2.19. The smallest absolute Gasteiger partial charge is 0.0654 e. The summed E-state index contributed by atoms with van der Waals surface area (Å²) in [4.78, 5) is 2.38. The van der Waals surface area contributed by atoms with Crippen molar-refractivity contribution in [2.45, 2.75) is 26.3 Å². The molecule has 64 valence electrons. The van der Waals surface area contributed by atoms with Gasteiger partial charge in [-0.1, -0.05) is 6.08 Å². The number of hydrogen-bond acceptors (Lipinski definition) is 2. The highest BCUT2D eigenvalue weighted by Crippen LogP contribution is 2.11. The molecule has 0 atom stereocenters. The number of aliphatic hydroxyl groups is 1. The molecule has 1 N–H and O–H groups in total. The maximum atomic E-state index is 8.90. The average molecular weight is 155 g/mol. The molecule has 2 nitrogen and oxygen atoms in total. The molecule has 0 saturated carbocycles. The topological polar surface area (TPSA) is 23.5 Å². The van der Waals surface area contributed by atoms with Gasteiger partial charge in [-0.15, -0.1) is 0 Å². The van der Waals surface area contributed by atoms with E-state index in [2.05, 4.69) is 24.8 Å². The zero-order valence-electron chi connectivity index (χ0n) is 7.38. The van der Waals surface area contributed by atoms with E-state index < -0.39 is 0 Å². The van der Waals surface area contributed by atoms with Gasteiger partial charge in [0.05, 0.1) is 6.61 Å². The number of rotatable bonds is 2. The van der Waals surface area contributed by atoms with Crippen molar-refractivity contribution >= 4 is 0 Å². The van der Waals surface area contributed by atoms with Gasteiger partial charge in [0.25, 0.3) is 0 Å². The van der Waals surface area contributed by atoms with E-state index in [0.29, 0.717) is 6.04 Å². The van der Waals surface area contributed by atoms with Crippen LogP contribution in [0, 0.1) is 0 Å². The van der Waals surface area contributed by atoms with Crippen LogP contribution >= 0.6 is 0 Å². The molecule has 1 heterocycles. The Kier molecular flexibility index (Phi) is 3.09. The maximum Gasteiger partial charge on any atom is 0.0654 e. The summed E-state index contributed by atoms with van der Waals surface area (Å²) in [6.45, 7) is 6.71. The molecule has 1 aliphatic rings. The molecule has 0 radical (unpaired) electrons. The summed E-state index contributed by atoms with van der Waals surface area (Å²) in [5.74, 6) is 0. The monoisotopic (exact) mass is 155 g/mol. The molecule has 2 heteroatoms. The zero-order valence-corrected chi connectivity index (χ0v) is 7.38. The lowest BCUT2D eigenvalue weighted by atomic mass is 10.1. The van der Waals surface area contributed by atoms with E-state index in [-0.39, 0.29) is 6.61 Å². The van der Waals surface area contributed by atoms with Gasteiger partial charge in [-0.3, -0.25) is 4.90 Å². The Morgan fingerprint density at radius 2 is 2.36 bits per heavy atom. The van der Waals surface area contributed by atoms with E-state index >= 15 is 0 Å². The van der Waals surface area contributed by atoms with Gasteiger partial charge in [-0.05, 0) is 25.8 Å². The Morgan fingerprint density at radius 3 is 2.91 bits per heavy atom. The van der Waals surface area contributed by atoms with Crippen molar-refractivity contribution in [3.05, 3.63) is 11.6 Å². The Bertz CT molecular complexity index is 152. The van der Waals surface area contributed by atoms with Crippen LogP contribution in [0.4, 0.5) is 0 Å². The summed E-state index contributed by atoms with van der Waals surface area (Å²) in [5.41, 5.74) is 1.17. The van der Waals surface area contributed by atoms with Crippen molar-refractivity contribution in [1.29, 1.82) is 0 Å². The molecule has 0 fully saturated rings. The predicted octanol–water partition coefficient (Wildman–Crippen LogP) is 1.02. The fraction of sp³-hybridized carbons (Fsp3) is 0.778. The normalized spacial score (nSPS) is 20.5. The molecule has 1 rings (SSSR count). The highest BCUT2D eigenvalue weighted by molar-refractivity contribution is 5.08. The van der Waals surface area contributed by atoms with Crippen LogP contribution in [0.3, 0.4) is 0 Å². The van der Waals surface area contributed by atoms with Crippen LogP contribution in [0.15, 0.2) is 11.6 Å². The van der Waals surface area contributed by atoms with Gasteiger partial charge >= 0.3 is 0 Å². The van der Waals surface area contributed by atoms with Crippen LogP contribution in [-0.4, -0.2) is 35.7 Å². The predicted molar refractivity (Wildman–Crippen MR) is 46.5 cm³/mol. The second kappa shape index (κ2) is 3.88. The van der Waals surface area contributed by atoms with Crippen molar-refractivity contribution < 1.29 is 5.11 Å². The average Bonchev–Trinajstić information content (AvgIpc) is 2.05. The summed E-state index contributed by atoms with van der Waals surface area (Å²) < 4.78 is 0. The first kappa shape index (κ1) is 8.75. The lowest BCUT2D eigenvalue weighted by Gasteiger charge is -2.29. The van der Waals surface area contributed by atoms with E-state index in [9.17, 15) is 0 Å². The lowest BCUT2D eigenvalue weighted by molar-refractivity contribution is 0.218. The third-order valence-electron chi connectivity index (χ3n) is 2.19. The Balaban J connectivity index is 2.46. The standard InChI is InChI=1S/C9H17NO/c1-8(2)10-5-3-4-9(6-10)7-11/h4,8,11H,3,5-7H2,1-2H3. The molecule has 0 aromatic carbocycles. The van der Waals surface area contributed by atoms with Crippen LogP contribution in [-0.2, 0) is 0 Å². The number of nitrogens with zero attached hydrogens (tertiary/aromatic N) is 1. The first-order chi connectivity index (χ1) is 5.24. The van der Waals surface area contributed by atoms with E-state index in [1.165, 1.54) is 5.57 Å². The molecule has 0 spiro atoms. The second-order valence-corrected chi connectivity index (χ2v) is 3.37. The highest BCUT2D eigenvalue weighted by atomic mass is 16.3. The van der Waals surface area contributed by atoms with Crippen molar-refractivity contribution in [2.75, 3.05) is 19.7 Å². The molecular formula is C9H17NO. The fourth-order valence-corrected chi connectivity index (χ4v) is 1.39. The molecule has 0 aliphatic carbocycles. The van der Waals surface area contributed by atoms with Gasteiger partial charge in [0.2, 0.25) is 0 Å². The molecule has 0 amide bonds. The van der Waals surface area contributed by atoms with Gasteiger partial charge in [0, 0.05) is 19.1 Å². The van der Waals surface area contributed by atoms with Crippen LogP contribution in [0.5, 0.6) is 0 Å². The minimum absolute atomic E-state index is 0.225. The Hall–Kier alpha value is -0.340. The zero-order chi connectivity index (χ0) is 8.27. The first-order valence-electron chi connectivity index (χ1n) is 4.27. The van der Waals surface area contributed by atoms with Crippen molar-refractivity contribution in [3.8, 4) is 0 Å². The summed E-state index contributed by atoms with van der Waals surface area (Å²) >= 11 is 0. The Morgan fingerprint density at radius 1 is 1.64 bits per heavy atom. The summed E-state index contributed by atoms with van der Waals surface area (Å²) in [6, 6.07) is 0.602. The van der Waals surface area contributed by atoms with Crippen molar-refractivity contribution in [2.24, 2.45) is 0 Å². The summed E-state index contributed by atoms with van der Waals surface area (Å²) in [5, 5.41) is 8.90. The van der Waals surface area contributed by atoms with Crippen LogP contribution < -0.4 is 0 Å². The van der Waals surface area contributed by atoms with Crippen molar-refractivity contribution in [1.82, 2.24) is 4.90 Å². The van der Waals surface area contributed by atoms with Gasteiger partial charge in [-0.25, -0.2) is 0 Å². The van der Waals surface area contributed by atoms with Gasteiger partial charge < -0.3 is 5.11 Å². The summed E-state index contributed by atoms with van der Waals surface area (Å²) in [7, 11) is 0. The quantitative estimate of drug-likeness (QED) is 0.602. The molecule has 11 heavy (non-hydrogen) atoms. The highest BCUT2D eigenvalue weighted by Gasteiger charge is 2.13. The molecule has 0 saturated heterocycles.